The molecule has 0 aromatic carbocycles. The molecule has 13 nitrogen and oxygen atoms in total. The fraction of sp³-hybridized carbons (Fsp3) is 0.459. The molecule has 4 N–H and O–H groups in total. The van der Waals surface area contributed by atoms with Gasteiger partial charge >= 0.3 is 0 Å². The summed E-state index contributed by atoms with van der Waals surface area (Å²) in [5, 5.41) is 9.47. The fourth-order valence-electron chi connectivity index (χ4n) is 7.56. The molecule has 2 saturated carbocycles. The van der Waals surface area contributed by atoms with Gasteiger partial charge in [-0.05, 0) is 37.0 Å². The van der Waals surface area contributed by atoms with Gasteiger partial charge in [-0.2, -0.15) is 10.2 Å². The second-order valence-electron chi connectivity index (χ2n) is 14.1. The van der Waals surface area contributed by atoms with Crippen molar-refractivity contribution >= 4 is 21.8 Å². The molecule has 0 spiro atoms. The van der Waals surface area contributed by atoms with E-state index < -0.39 is 0 Å². The van der Waals surface area contributed by atoms with Crippen LogP contribution in [0.1, 0.15) is 69.9 Å². The molecule has 6 heterocycles. The van der Waals surface area contributed by atoms with E-state index in [4.69, 9.17) is 15.7 Å². The molecule has 2 aliphatic rings. The Morgan fingerprint density at radius 3 is 1.66 bits per heavy atom. The van der Waals surface area contributed by atoms with Crippen molar-refractivity contribution in [2.45, 2.75) is 77.2 Å². The van der Waals surface area contributed by atoms with Gasteiger partial charge in [0.2, 0.25) is 0 Å². The Balaban J connectivity index is 0.000000157. The van der Waals surface area contributed by atoms with Crippen LogP contribution in [-0.2, 0) is 26.9 Å². The smallest absolute Gasteiger partial charge is 0.259 e. The van der Waals surface area contributed by atoms with Crippen LogP contribution in [0, 0.1) is 17.8 Å². The van der Waals surface area contributed by atoms with Crippen LogP contribution in [0.4, 0.5) is 0 Å². The van der Waals surface area contributed by atoms with Gasteiger partial charge < -0.3 is 15.7 Å². The van der Waals surface area contributed by atoms with Gasteiger partial charge in [0.05, 0.1) is 34.2 Å². The zero-order valence-electron chi connectivity index (χ0n) is 29.0. The van der Waals surface area contributed by atoms with Gasteiger partial charge in [0.1, 0.15) is 11.6 Å². The number of hydrogen-bond donors (Lipinski definition) is 3. The number of rotatable bonds is 6. The Bertz CT molecular complexity index is 2080. The lowest BCUT2D eigenvalue weighted by Gasteiger charge is -2.28. The quantitative estimate of drug-likeness (QED) is 0.222. The number of nitrogens with zero attached hydrogens (tertiary/aromatic N) is 8. The van der Waals surface area contributed by atoms with E-state index in [0.29, 0.717) is 39.6 Å². The van der Waals surface area contributed by atoms with E-state index in [1.807, 2.05) is 26.5 Å². The minimum atomic E-state index is -0.177. The highest BCUT2D eigenvalue weighted by molar-refractivity contribution is 5.92. The summed E-state index contributed by atoms with van der Waals surface area (Å²) in [6.07, 6.45) is 25.5. The molecule has 0 aliphatic heterocycles. The molecule has 13 heteroatoms. The van der Waals surface area contributed by atoms with Gasteiger partial charge in [0, 0.05) is 92.4 Å². The van der Waals surface area contributed by atoms with Gasteiger partial charge in [-0.1, -0.05) is 39.0 Å². The van der Waals surface area contributed by atoms with Crippen LogP contribution in [0.5, 0.6) is 0 Å². The van der Waals surface area contributed by atoms with Crippen molar-refractivity contribution in [2.75, 3.05) is 0 Å². The summed E-state index contributed by atoms with van der Waals surface area (Å²) in [6.45, 7) is 2.33. The number of H-pyrrole nitrogens is 2. The zero-order chi connectivity index (χ0) is 34.8. The molecule has 6 aromatic heterocycles. The van der Waals surface area contributed by atoms with Crippen molar-refractivity contribution in [1.82, 2.24) is 49.5 Å². The maximum Gasteiger partial charge on any atom is 0.259 e. The van der Waals surface area contributed by atoms with Crippen LogP contribution < -0.4 is 16.9 Å². The molecule has 260 valence electrons. The van der Waals surface area contributed by atoms with Crippen molar-refractivity contribution in [3.63, 3.8) is 0 Å². The van der Waals surface area contributed by atoms with Crippen molar-refractivity contribution in [2.24, 2.45) is 37.6 Å². The topological polar surface area (TPSA) is 179 Å². The molecule has 6 aromatic rings. The van der Waals surface area contributed by atoms with Gasteiger partial charge in [0.25, 0.3) is 11.1 Å². The monoisotopic (exact) mass is 675 g/mol. The Kier molecular flexibility index (Phi) is 9.66. The van der Waals surface area contributed by atoms with Crippen molar-refractivity contribution in [1.29, 1.82) is 0 Å². The van der Waals surface area contributed by atoms with E-state index in [1.54, 1.807) is 46.5 Å². The maximum absolute atomic E-state index is 12.2. The lowest BCUT2D eigenvalue weighted by atomic mass is 9.78. The Hall–Kier alpha value is -5.04. The predicted octanol–water partition coefficient (Wildman–Crippen LogP) is 4.87. The zero-order valence-corrected chi connectivity index (χ0v) is 29.0. The standard InChI is InChI=1S/C19H23N5O.C18H22N6O/c1-12-5-3-4-6-13(12)7-17-20-10-16-18(23-17)15(9-21-19(16)25)14-8-22-24(2)11-14;1-24-10-12(7-22-24)13-8-21-18(25)14-9-20-16(23-17(13)14)6-11-4-2-3-5-15(11)19/h8-13H,3-7H2,1-2H3,(H,21,25);7-11,15H,2-6,19H2,1H3,(H,21,25)/t12-,13-;11-,15-/m11/s1. The van der Waals surface area contributed by atoms with E-state index in [1.165, 1.54) is 38.5 Å². The van der Waals surface area contributed by atoms with E-state index in [2.05, 4.69) is 37.1 Å². The second-order valence-corrected chi connectivity index (χ2v) is 14.1. The molecular formula is C37H45N11O2. The molecule has 2 aliphatic carbocycles. The first-order valence-corrected chi connectivity index (χ1v) is 17.7. The summed E-state index contributed by atoms with van der Waals surface area (Å²) < 4.78 is 3.48. The summed E-state index contributed by atoms with van der Waals surface area (Å²) in [5.41, 5.74) is 10.9. The average Bonchev–Trinajstić information content (AvgIpc) is 3.75. The Labute approximate surface area is 289 Å². The lowest BCUT2D eigenvalue weighted by Crippen LogP contribution is -2.34. The SMILES string of the molecule is C[C@@H]1CCCC[C@@H]1Cc1ncc2c(=O)[nH]cc(-c3cnn(C)c3)c2n1.Cn1cc(-c2c[nH]c(=O)c3cnc(C[C@H]4CCCC[C@H]4N)nc23)cn1. The number of pyridine rings is 2. The van der Waals surface area contributed by atoms with Gasteiger partial charge in [0.15, 0.2) is 0 Å². The largest absolute Gasteiger partial charge is 0.328 e. The number of nitrogens with one attached hydrogen (secondary N) is 2. The molecule has 0 bridgehead atoms. The molecule has 50 heavy (non-hydrogen) atoms. The normalized spacial score (nSPS) is 20.9. The minimum Gasteiger partial charge on any atom is -0.328 e. The minimum absolute atomic E-state index is 0.153. The Morgan fingerprint density at radius 1 is 0.700 bits per heavy atom. The fourth-order valence-corrected chi connectivity index (χ4v) is 7.56. The summed E-state index contributed by atoms with van der Waals surface area (Å²) >= 11 is 0. The van der Waals surface area contributed by atoms with Gasteiger partial charge in [-0.25, -0.2) is 19.9 Å². The number of aromatic amines is 2. The molecule has 2 fully saturated rings. The van der Waals surface area contributed by atoms with Crippen LogP contribution in [-0.4, -0.2) is 55.5 Å². The number of aromatic nitrogens is 10. The van der Waals surface area contributed by atoms with E-state index in [-0.39, 0.29) is 17.2 Å². The highest BCUT2D eigenvalue weighted by Gasteiger charge is 2.24. The highest BCUT2D eigenvalue weighted by Crippen LogP contribution is 2.32. The number of hydrogen-bond acceptors (Lipinski definition) is 9. The molecular weight excluding hydrogens is 630 g/mol. The summed E-state index contributed by atoms with van der Waals surface area (Å²) in [4.78, 5) is 48.3. The van der Waals surface area contributed by atoms with Crippen LogP contribution in [0.15, 0.2) is 59.2 Å². The van der Waals surface area contributed by atoms with Crippen LogP contribution >= 0.6 is 0 Å². The van der Waals surface area contributed by atoms with Crippen LogP contribution in [0.2, 0.25) is 0 Å². The van der Waals surface area contributed by atoms with E-state index >= 15 is 0 Å². The molecule has 0 amide bonds. The molecule has 0 radical (unpaired) electrons. The third-order valence-electron chi connectivity index (χ3n) is 10.6. The number of fused-ring (bicyclic) bond motifs is 2. The van der Waals surface area contributed by atoms with Crippen molar-refractivity contribution in [3.8, 4) is 22.3 Å². The van der Waals surface area contributed by atoms with Gasteiger partial charge in [-0.15, -0.1) is 0 Å². The van der Waals surface area contributed by atoms with E-state index in [0.717, 1.165) is 59.6 Å². The summed E-state index contributed by atoms with van der Waals surface area (Å²) in [6, 6.07) is 0.213. The average molecular weight is 676 g/mol. The highest BCUT2D eigenvalue weighted by atomic mass is 16.1. The van der Waals surface area contributed by atoms with Crippen LogP contribution in [0.25, 0.3) is 44.1 Å². The van der Waals surface area contributed by atoms with Gasteiger partial charge in [-0.3, -0.25) is 19.0 Å². The van der Waals surface area contributed by atoms with E-state index in [9.17, 15) is 9.59 Å². The third kappa shape index (κ3) is 7.14. The maximum atomic E-state index is 12.2. The summed E-state index contributed by atoms with van der Waals surface area (Å²) in [5.74, 6) is 3.35. The van der Waals surface area contributed by atoms with Crippen molar-refractivity contribution < 1.29 is 0 Å². The predicted molar refractivity (Wildman–Crippen MR) is 193 cm³/mol. The van der Waals surface area contributed by atoms with Crippen molar-refractivity contribution in [3.05, 3.63) is 81.9 Å². The third-order valence-corrected chi connectivity index (χ3v) is 10.6. The first kappa shape index (κ1) is 33.5. The first-order valence-electron chi connectivity index (χ1n) is 17.7. The Morgan fingerprint density at radius 2 is 1.18 bits per heavy atom. The second kappa shape index (κ2) is 14.4. The van der Waals surface area contributed by atoms with Crippen LogP contribution in [0.3, 0.4) is 0 Å². The lowest BCUT2D eigenvalue weighted by molar-refractivity contribution is 0.251. The molecule has 4 atom stereocenters. The molecule has 0 saturated heterocycles. The molecule has 8 rings (SSSR count). The molecule has 0 unspecified atom stereocenters. The summed E-state index contributed by atoms with van der Waals surface area (Å²) in [7, 11) is 3.74. The number of aryl methyl sites for hydroxylation is 2. The first-order chi connectivity index (χ1) is 24.2. The number of nitrogens with two attached hydrogens (primary N) is 1.